The van der Waals surface area contributed by atoms with Crippen LogP contribution in [0.1, 0.15) is 25.3 Å². The molecule has 1 aliphatic heterocycles. The van der Waals surface area contributed by atoms with Crippen molar-refractivity contribution in [1.29, 1.82) is 0 Å². The van der Waals surface area contributed by atoms with Crippen LogP contribution >= 0.6 is 0 Å². The van der Waals surface area contributed by atoms with Crippen LogP contribution in [0, 0.1) is 11.7 Å². The fraction of sp³-hybridized carbons (Fsp3) is 0.412. The summed E-state index contributed by atoms with van der Waals surface area (Å²) in [6, 6.07) is 6.52. The Kier molecular flexibility index (Phi) is 4.43. The molecule has 1 aromatic carbocycles. The number of hydrogen-bond acceptors (Lipinski definition) is 3. The van der Waals surface area contributed by atoms with Gasteiger partial charge in [-0.3, -0.25) is 9.69 Å². The highest BCUT2D eigenvalue weighted by molar-refractivity contribution is 5.70. The van der Waals surface area contributed by atoms with Crippen LogP contribution in [0.5, 0.6) is 0 Å². The molecule has 1 aliphatic rings. The van der Waals surface area contributed by atoms with Crippen LogP contribution in [-0.4, -0.2) is 38.3 Å². The second-order valence-corrected chi connectivity index (χ2v) is 6.16. The van der Waals surface area contributed by atoms with Gasteiger partial charge in [0.15, 0.2) is 0 Å². The third-order valence-electron chi connectivity index (χ3n) is 4.47. The number of nitrogens with zero attached hydrogens (tertiary/aromatic N) is 3. The van der Waals surface area contributed by atoms with E-state index in [-0.39, 0.29) is 11.7 Å². The van der Waals surface area contributed by atoms with E-state index in [1.54, 1.807) is 23.0 Å². The molecule has 0 bridgehead atoms. The monoisotopic (exact) mass is 317 g/mol. The molecule has 3 rings (SSSR count). The standard InChI is InChI=1S/C17H20FN3O2/c1-12-2-3-14(17(22)23)11-20(12)9-13-8-19-21(10-13)16-6-4-15(18)5-7-16/h4-8,10,12,14H,2-3,9,11H2,1H3,(H,22,23). The van der Waals surface area contributed by atoms with E-state index in [1.165, 1.54) is 12.1 Å². The van der Waals surface area contributed by atoms with Crippen LogP contribution in [0.3, 0.4) is 0 Å². The number of aromatic nitrogens is 2. The fourth-order valence-corrected chi connectivity index (χ4v) is 3.01. The Morgan fingerprint density at radius 1 is 1.35 bits per heavy atom. The lowest BCUT2D eigenvalue weighted by Gasteiger charge is -2.36. The molecule has 6 heteroatoms. The van der Waals surface area contributed by atoms with Gasteiger partial charge in [0, 0.05) is 30.9 Å². The first-order valence-corrected chi connectivity index (χ1v) is 7.79. The molecule has 0 radical (unpaired) electrons. The smallest absolute Gasteiger partial charge is 0.307 e. The molecule has 2 atom stereocenters. The van der Waals surface area contributed by atoms with Crippen molar-refractivity contribution in [3.8, 4) is 5.69 Å². The molecule has 1 aromatic heterocycles. The Labute approximate surface area is 134 Å². The lowest BCUT2D eigenvalue weighted by atomic mass is 9.93. The Balaban J connectivity index is 1.70. The second kappa shape index (κ2) is 6.50. The van der Waals surface area contributed by atoms with Crippen LogP contribution in [0.15, 0.2) is 36.7 Å². The predicted octanol–water partition coefficient (Wildman–Crippen LogP) is 2.70. The van der Waals surface area contributed by atoms with Crippen molar-refractivity contribution in [3.05, 3.63) is 48.0 Å². The average Bonchev–Trinajstić information content (AvgIpc) is 2.98. The quantitative estimate of drug-likeness (QED) is 0.942. The highest BCUT2D eigenvalue weighted by Crippen LogP contribution is 2.24. The van der Waals surface area contributed by atoms with Gasteiger partial charge in [-0.15, -0.1) is 0 Å². The minimum atomic E-state index is -0.719. The molecule has 0 aliphatic carbocycles. The first-order chi connectivity index (χ1) is 11.0. The zero-order chi connectivity index (χ0) is 16.4. The van der Waals surface area contributed by atoms with Crippen molar-refractivity contribution in [3.63, 3.8) is 0 Å². The molecule has 2 heterocycles. The lowest BCUT2D eigenvalue weighted by Crippen LogP contribution is -2.43. The first kappa shape index (κ1) is 15.7. The van der Waals surface area contributed by atoms with Crippen molar-refractivity contribution >= 4 is 5.97 Å². The van der Waals surface area contributed by atoms with Crippen LogP contribution in [0.4, 0.5) is 4.39 Å². The number of carboxylic acid groups (broad SMARTS) is 1. The van der Waals surface area contributed by atoms with Gasteiger partial charge in [-0.05, 0) is 44.0 Å². The average molecular weight is 317 g/mol. The number of carboxylic acids is 1. The van der Waals surface area contributed by atoms with Gasteiger partial charge in [0.05, 0.1) is 17.8 Å². The predicted molar refractivity (Wildman–Crippen MR) is 83.8 cm³/mol. The zero-order valence-electron chi connectivity index (χ0n) is 13.0. The molecule has 1 N–H and O–H groups in total. The summed E-state index contributed by atoms with van der Waals surface area (Å²) in [5, 5.41) is 13.5. The molecule has 2 unspecified atom stereocenters. The highest BCUT2D eigenvalue weighted by atomic mass is 19.1. The number of rotatable bonds is 4. The molecular formula is C17H20FN3O2. The van der Waals surface area contributed by atoms with E-state index >= 15 is 0 Å². The van der Waals surface area contributed by atoms with E-state index in [0.29, 0.717) is 19.1 Å². The van der Waals surface area contributed by atoms with Gasteiger partial charge in [-0.2, -0.15) is 5.10 Å². The zero-order valence-corrected chi connectivity index (χ0v) is 13.0. The van der Waals surface area contributed by atoms with Crippen molar-refractivity contribution < 1.29 is 14.3 Å². The molecule has 5 nitrogen and oxygen atoms in total. The second-order valence-electron chi connectivity index (χ2n) is 6.16. The summed E-state index contributed by atoms with van der Waals surface area (Å²) in [6.45, 7) is 3.37. The third kappa shape index (κ3) is 3.59. The Hall–Kier alpha value is -2.21. The number of hydrogen-bond donors (Lipinski definition) is 1. The molecule has 0 amide bonds. The number of likely N-dealkylation sites (tertiary alicyclic amines) is 1. The van der Waals surface area contributed by atoms with E-state index in [9.17, 15) is 14.3 Å². The summed E-state index contributed by atoms with van der Waals surface area (Å²) in [7, 11) is 0. The number of carbonyl (C=O) groups is 1. The number of halogens is 1. The normalized spacial score (nSPS) is 22.2. The molecule has 2 aromatic rings. The van der Waals surface area contributed by atoms with Crippen LogP contribution in [0.25, 0.3) is 5.69 Å². The fourth-order valence-electron chi connectivity index (χ4n) is 3.01. The minimum Gasteiger partial charge on any atom is -0.481 e. The minimum absolute atomic E-state index is 0.275. The van der Waals surface area contributed by atoms with Gasteiger partial charge in [-0.25, -0.2) is 9.07 Å². The summed E-state index contributed by atoms with van der Waals surface area (Å²) in [5.74, 6) is -1.29. The molecule has 1 fully saturated rings. The first-order valence-electron chi connectivity index (χ1n) is 7.79. The van der Waals surface area contributed by atoms with E-state index in [4.69, 9.17) is 0 Å². The van der Waals surface area contributed by atoms with Gasteiger partial charge >= 0.3 is 5.97 Å². The summed E-state index contributed by atoms with van der Waals surface area (Å²) in [6.07, 6.45) is 5.32. The Bertz CT molecular complexity index is 683. The number of piperidine rings is 1. The lowest BCUT2D eigenvalue weighted by molar-refractivity contribution is -0.144. The Morgan fingerprint density at radius 3 is 2.78 bits per heavy atom. The van der Waals surface area contributed by atoms with Crippen molar-refractivity contribution in [2.75, 3.05) is 6.54 Å². The topological polar surface area (TPSA) is 58.4 Å². The third-order valence-corrected chi connectivity index (χ3v) is 4.47. The summed E-state index contributed by atoms with van der Waals surface area (Å²) < 4.78 is 14.7. The van der Waals surface area contributed by atoms with Gasteiger partial charge in [0.1, 0.15) is 5.82 Å². The molecule has 122 valence electrons. The molecule has 0 saturated carbocycles. The highest BCUT2D eigenvalue weighted by Gasteiger charge is 2.29. The molecule has 1 saturated heterocycles. The summed E-state index contributed by atoms with van der Waals surface area (Å²) in [4.78, 5) is 13.4. The maximum Gasteiger partial charge on any atom is 0.307 e. The van der Waals surface area contributed by atoms with Crippen LogP contribution in [-0.2, 0) is 11.3 Å². The molecular weight excluding hydrogens is 297 g/mol. The van der Waals surface area contributed by atoms with Crippen molar-refractivity contribution in [1.82, 2.24) is 14.7 Å². The van der Waals surface area contributed by atoms with E-state index in [1.807, 2.05) is 6.20 Å². The van der Waals surface area contributed by atoms with E-state index < -0.39 is 5.97 Å². The van der Waals surface area contributed by atoms with Gasteiger partial charge in [-0.1, -0.05) is 0 Å². The number of benzene rings is 1. The largest absolute Gasteiger partial charge is 0.481 e. The maximum atomic E-state index is 13.0. The number of aliphatic carboxylic acids is 1. The van der Waals surface area contributed by atoms with Crippen LogP contribution < -0.4 is 0 Å². The van der Waals surface area contributed by atoms with Crippen molar-refractivity contribution in [2.45, 2.75) is 32.4 Å². The van der Waals surface area contributed by atoms with Crippen molar-refractivity contribution in [2.24, 2.45) is 5.92 Å². The molecule has 0 spiro atoms. The van der Waals surface area contributed by atoms with E-state index in [2.05, 4.69) is 16.9 Å². The molecule has 23 heavy (non-hydrogen) atoms. The summed E-state index contributed by atoms with van der Waals surface area (Å²) in [5.41, 5.74) is 1.82. The SMILES string of the molecule is CC1CCC(C(=O)O)CN1Cc1cnn(-c2ccc(F)cc2)c1. The van der Waals surface area contributed by atoms with Gasteiger partial charge in [0.25, 0.3) is 0 Å². The van der Waals surface area contributed by atoms with Gasteiger partial charge < -0.3 is 5.11 Å². The van der Waals surface area contributed by atoms with E-state index in [0.717, 1.165) is 24.1 Å². The van der Waals surface area contributed by atoms with Crippen LogP contribution in [0.2, 0.25) is 0 Å². The van der Waals surface area contributed by atoms with Gasteiger partial charge in [0.2, 0.25) is 0 Å². The Morgan fingerprint density at radius 2 is 2.09 bits per heavy atom. The summed E-state index contributed by atoms with van der Waals surface area (Å²) >= 11 is 0. The maximum absolute atomic E-state index is 13.0.